The largest absolute Gasteiger partial charge is 0.299 e. The maximum Gasteiger partial charge on any atom is 0.142 e. The van der Waals surface area contributed by atoms with Gasteiger partial charge in [-0.05, 0) is 20.8 Å². The predicted molar refractivity (Wildman–Crippen MR) is 78.8 cm³/mol. The van der Waals surface area contributed by atoms with Gasteiger partial charge in [0, 0.05) is 16.1 Å². The van der Waals surface area contributed by atoms with E-state index in [1.54, 1.807) is 0 Å². The zero-order valence-corrected chi connectivity index (χ0v) is 13.8. The first-order valence-electron chi connectivity index (χ1n) is 5.38. The van der Waals surface area contributed by atoms with E-state index >= 15 is 0 Å². The van der Waals surface area contributed by atoms with E-state index < -0.39 is 0 Å². The zero-order valence-electron chi connectivity index (χ0n) is 10.8. The highest BCUT2D eigenvalue weighted by atomic mass is 127. The summed E-state index contributed by atoms with van der Waals surface area (Å²) in [5, 5.41) is 0. The molecule has 15 heavy (non-hydrogen) atoms. The lowest BCUT2D eigenvalue weighted by molar-refractivity contribution is -0.131. The molecule has 1 nitrogen and oxygen atoms in total. The van der Waals surface area contributed by atoms with Crippen LogP contribution in [0.3, 0.4) is 0 Å². The second-order valence-electron chi connectivity index (χ2n) is 5.32. The lowest BCUT2D eigenvalue weighted by Crippen LogP contribution is -2.45. The molecule has 0 rings (SSSR count). The molecule has 0 heterocycles. The van der Waals surface area contributed by atoms with Crippen molar-refractivity contribution in [2.45, 2.75) is 56.5 Å². The average molecular weight is 342 g/mol. The van der Waals surface area contributed by atoms with Crippen LogP contribution in [0.2, 0.25) is 0 Å². The Morgan fingerprint density at radius 2 is 1.53 bits per heavy atom. The summed E-state index contributed by atoms with van der Waals surface area (Å²) >= 11 is 4.28. The molecule has 0 amide bonds. The fourth-order valence-electron chi connectivity index (χ4n) is 1.57. The average Bonchev–Trinajstić information content (AvgIpc) is 1.99. The quantitative estimate of drug-likeness (QED) is 0.539. The second-order valence-corrected chi connectivity index (χ2v) is 9.99. The third kappa shape index (κ3) is 3.91. The van der Waals surface area contributed by atoms with Crippen LogP contribution in [0.15, 0.2) is 0 Å². The molecular formula is C12H23IOS. The van der Waals surface area contributed by atoms with Crippen LogP contribution in [-0.4, -0.2) is 13.8 Å². The molecule has 0 spiro atoms. The Balaban J connectivity index is 4.91. The first-order chi connectivity index (χ1) is 6.52. The summed E-state index contributed by atoms with van der Waals surface area (Å²) in [7, 11) is 0. The van der Waals surface area contributed by atoms with E-state index in [9.17, 15) is 4.79 Å². The summed E-state index contributed by atoms with van der Waals surface area (Å²) in [4.78, 5) is 12.2. The number of rotatable bonds is 5. The Morgan fingerprint density at radius 1 is 1.13 bits per heavy atom. The summed E-state index contributed by atoms with van der Waals surface area (Å²) in [6, 6.07) is 0. The van der Waals surface area contributed by atoms with Gasteiger partial charge in [0.15, 0.2) is 0 Å². The molecule has 0 aromatic carbocycles. The highest BCUT2D eigenvalue weighted by molar-refractivity contribution is 14.1. The summed E-state index contributed by atoms with van der Waals surface area (Å²) in [6.07, 6.45) is 0. The van der Waals surface area contributed by atoms with Gasteiger partial charge < -0.3 is 0 Å². The van der Waals surface area contributed by atoms with Gasteiger partial charge in [-0.3, -0.25) is 4.79 Å². The Bertz CT molecular complexity index is 232. The molecule has 1 atom stereocenters. The molecule has 0 saturated heterocycles. The molecule has 90 valence electrons. The standard InChI is InChI=1S/C12H23IOS/c1-8(2)10(14)11(4,5)12(6,7)15-9(3)13/h8-9H,1-7H3. The minimum Gasteiger partial charge on any atom is -0.299 e. The van der Waals surface area contributed by atoms with Gasteiger partial charge in [0.1, 0.15) is 5.78 Å². The highest BCUT2D eigenvalue weighted by Crippen LogP contribution is 2.46. The molecule has 3 heteroatoms. The van der Waals surface area contributed by atoms with E-state index in [4.69, 9.17) is 0 Å². The van der Waals surface area contributed by atoms with Crippen molar-refractivity contribution in [3.8, 4) is 0 Å². The van der Waals surface area contributed by atoms with Crippen LogP contribution in [0.25, 0.3) is 0 Å². The smallest absolute Gasteiger partial charge is 0.142 e. The minimum absolute atomic E-state index is 0.0189. The number of ketones is 1. The van der Waals surface area contributed by atoms with E-state index in [0.717, 1.165) is 0 Å². The number of carbonyl (C=O) groups is 1. The number of thioether (sulfide) groups is 1. The van der Waals surface area contributed by atoms with Gasteiger partial charge in [0.2, 0.25) is 0 Å². The highest BCUT2D eigenvalue weighted by Gasteiger charge is 2.44. The lowest BCUT2D eigenvalue weighted by Gasteiger charge is -2.41. The molecule has 0 aliphatic carbocycles. The summed E-state index contributed by atoms with van der Waals surface area (Å²) in [5.41, 5.74) is -0.273. The number of hydrogen-bond acceptors (Lipinski definition) is 2. The molecule has 0 bridgehead atoms. The van der Waals surface area contributed by atoms with Crippen molar-refractivity contribution >= 4 is 40.1 Å². The van der Waals surface area contributed by atoms with Crippen LogP contribution in [0, 0.1) is 11.3 Å². The molecule has 0 radical (unpaired) electrons. The predicted octanol–water partition coefficient (Wildman–Crippen LogP) is 4.53. The summed E-state index contributed by atoms with van der Waals surface area (Å²) in [5.74, 6) is 0.474. The van der Waals surface area contributed by atoms with Crippen LogP contribution in [0.4, 0.5) is 0 Å². The Kier molecular flexibility index (Phi) is 5.66. The normalized spacial score (nSPS) is 15.5. The van der Waals surface area contributed by atoms with Crippen molar-refractivity contribution in [3.63, 3.8) is 0 Å². The van der Waals surface area contributed by atoms with Gasteiger partial charge in [-0.2, -0.15) is 0 Å². The van der Waals surface area contributed by atoms with Crippen molar-refractivity contribution in [2.24, 2.45) is 11.3 Å². The Hall–Kier alpha value is 0.750. The molecule has 0 aliphatic heterocycles. The Labute approximate surface area is 112 Å². The number of Topliss-reactive ketones (excluding diaryl/α,β-unsaturated/α-hetero) is 1. The fraction of sp³-hybridized carbons (Fsp3) is 0.917. The van der Waals surface area contributed by atoms with E-state index in [0.29, 0.717) is 9.04 Å². The van der Waals surface area contributed by atoms with Crippen LogP contribution in [-0.2, 0) is 4.79 Å². The van der Waals surface area contributed by atoms with Crippen LogP contribution in [0.5, 0.6) is 0 Å². The number of hydrogen-bond donors (Lipinski definition) is 0. The van der Waals surface area contributed by atoms with Crippen LogP contribution in [0.1, 0.15) is 48.5 Å². The first kappa shape index (κ1) is 15.8. The summed E-state index contributed by atoms with van der Waals surface area (Å²) < 4.78 is 0.506. The summed E-state index contributed by atoms with van der Waals surface area (Å²) in [6.45, 7) is 14.6. The topological polar surface area (TPSA) is 17.1 Å². The van der Waals surface area contributed by atoms with Gasteiger partial charge in [-0.1, -0.05) is 50.3 Å². The molecular weight excluding hydrogens is 319 g/mol. The Morgan fingerprint density at radius 3 is 1.80 bits per heavy atom. The van der Waals surface area contributed by atoms with E-state index in [-0.39, 0.29) is 16.1 Å². The minimum atomic E-state index is -0.273. The van der Waals surface area contributed by atoms with Gasteiger partial charge in [-0.25, -0.2) is 0 Å². The lowest BCUT2D eigenvalue weighted by atomic mass is 9.73. The molecule has 1 unspecified atom stereocenters. The van der Waals surface area contributed by atoms with Crippen molar-refractivity contribution in [3.05, 3.63) is 0 Å². The van der Waals surface area contributed by atoms with Crippen LogP contribution >= 0.6 is 34.4 Å². The van der Waals surface area contributed by atoms with E-state index in [1.807, 2.05) is 25.6 Å². The molecule has 0 aromatic rings. The monoisotopic (exact) mass is 342 g/mol. The molecule has 0 fully saturated rings. The number of carbonyl (C=O) groups excluding carboxylic acids is 1. The van der Waals surface area contributed by atoms with Crippen molar-refractivity contribution in [1.29, 1.82) is 0 Å². The zero-order chi connectivity index (χ0) is 12.4. The third-order valence-electron chi connectivity index (χ3n) is 3.10. The first-order valence-corrected chi connectivity index (χ1v) is 7.51. The van der Waals surface area contributed by atoms with Crippen molar-refractivity contribution in [2.75, 3.05) is 0 Å². The van der Waals surface area contributed by atoms with E-state index in [1.165, 1.54) is 0 Å². The van der Waals surface area contributed by atoms with Crippen LogP contribution < -0.4 is 0 Å². The van der Waals surface area contributed by atoms with Crippen molar-refractivity contribution in [1.82, 2.24) is 0 Å². The number of halogens is 1. The maximum atomic E-state index is 12.2. The second kappa shape index (κ2) is 5.39. The van der Waals surface area contributed by atoms with Gasteiger partial charge in [-0.15, -0.1) is 11.8 Å². The van der Waals surface area contributed by atoms with E-state index in [2.05, 4.69) is 57.2 Å². The maximum absolute atomic E-state index is 12.2. The SMILES string of the molecule is CC(I)SC(C)(C)C(C)(C)C(=O)C(C)C. The molecule has 0 N–H and O–H groups in total. The molecule has 0 saturated carbocycles. The molecule has 0 aromatic heterocycles. The van der Waals surface area contributed by atoms with Crippen molar-refractivity contribution < 1.29 is 4.79 Å². The van der Waals surface area contributed by atoms with Gasteiger partial charge in [0.25, 0.3) is 0 Å². The third-order valence-corrected chi connectivity index (χ3v) is 5.29. The fourth-order valence-corrected chi connectivity index (χ4v) is 4.69. The molecule has 0 aliphatic rings. The number of alkyl halides is 1. The van der Waals surface area contributed by atoms with Gasteiger partial charge in [0.05, 0.1) is 3.26 Å². The van der Waals surface area contributed by atoms with Gasteiger partial charge >= 0.3 is 0 Å².